The number of allylic oxidation sites excluding steroid dienone is 4. The number of benzene rings is 6. The maximum Gasteiger partial charge on any atom is 2.00 e. The van der Waals surface area contributed by atoms with Crippen LogP contribution in [0.2, 0.25) is 0 Å². The van der Waals surface area contributed by atoms with Gasteiger partial charge in [-0.15, -0.1) is 25.7 Å². The van der Waals surface area contributed by atoms with Crippen molar-refractivity contribution < 1.29 is 31.9 Å². The Bertz CT molecular complexity index is 1670. The average molecular weight is 705 g/mol. The summed E-state index contributed by atoms with van der Waals surface area (Å²) in [5.74, 6) is 0.666. The van der Waals surface area contributed by atoms with E-state index in [1.165, 1.54) is 11.1 Å². The van der Waals surface area contributed by atoms with E-state index < -0.39 is 0 Å². The number of phenols is 2. The zero-order chi connectivity index (χ0) is 35.6. The minimum Gasteiger partial charge on any atom is -0.507 e. The van der Waals surface area contributed by atoms with Gasteiger partial charge < -0.3 is 33.5 Å². The molecule has 0 unspecified atom stereocenters. The van der Waals surface area contributed by atoms with Crippen LogP contribution in [0, 0.1) is 12.2 Å². The molecule has 2 N–H and O–H groups in total. The summed E-state index contributed by atoms with van der Waals surface area (Å²) in [5, 5.41) is 21.0. The summed E-state index contributed by atoms with van der Waals surface area (Å²) < 4.78 is 0. The van der Waals surface area contributed by atoms with Gasteiger partial charge in [0.15, 0.2) is 0 Å². The molecule has 0 bridgehead atoms. The molecule has 6 aromatic carbocycles. The van der Waals surface area contributed by atoms with Gasteiger partial charge >= 0.3 is 21.7 Å². The molecule has 2 nitrogen and oxygen atoms in total. The number of rotatable bonds is 9. The van der Waals surface area contributed by atoms with E-state index in [1.807, 2.05) is 158 Å². The molecular formula is C48H48O2Ti. The zero-order valence-corrected chi connectivity index (χ0v) is 31.8. The molecular weight excluding hydrogens is 656 g/mol. The Kier molecular flexibility index (Phi) is 17.5. The van der Waals surface area contributed by atoms with Gasteiger partial charge in [-0.3, -0.25) is 0 Å². The van der Waals surface area contributed by atoms with Gasteiger partial charge in [0, 0.05) is 22.3 Å². The van der Waals surface area contributed by atoms with Crippen LogP contribution in [0.5, 0.6) is 11.5 Å². The van der Waals surface area contributed by atoms with E-state index >= 15 is 0 Å². The van der Waals surface area contributed by atoms with E-state index in [9.17, 15) is 10.2 Å². The molecule has 0 aliphatic rings. The number of aromatic hydroxyl groups is 2. The second-order valence-corrected chi connectivity index (χ2v) is 11.6. The van der Waals surface area contributed by atoms with Crippen molar-refractivity contribution in [3.05, 3.63) is 181 Å². The Balaban J connectivity index is 0.000000211. The van der Waals surface area contributed by atoms with Gasteiger partial charge in [-0.25, -0.2) is 0 Å². The molecule has 0 saturated carbocycles. The quantitative estimate of drug-likeness (QED) is 0.0894. The van der Waals surface area contributed by atoms with Crippen molar-refractivity contribution in [2.24, 2.45) is 0 Å². The zero-order valence-electron chi connectivity index (χ0n) is 30.2. The van der Waals surface area contributed by atoms with Gasteiger partial charge in [0.2, 0.25) is 0 Å². The summed E-state index contributed by atoms with van der Waals surface area (Å²) in [5.41, 5.74) is 10.3. The second kappa shape index (κ2) is 22.0. The van der Waals surface area contributed by atoms with Crippen molar-refractivity contribution in [3.63, 3.8) is 0 Å². The molecule has 0 spiro atoms. The van der Waals surface area contributed by atoms with Gasteiger partial charge in [0.05, 0.1) is 0 Å². The Morgan fingerprint density at radius 3 is 0.804 bits per heavy atom. The van der Waals surface area contributed by atoms with Gasteiger partial charge in [0.1, 0.15) is 11.5 Å². The summed E-state index contributed by atoms with van der Waals surface area (Å²) in [6.07, 6.45) is 11.0. The van der Waals surface area contributed by atoms with E-state index in [4.69, 9.17) is 0 Å². The molecule has 0 amide bonds. The number of hydrogen-bond acceptors (Lipinski definition) is 2. The third kappa shape index (κ3) is 11.6. The molecule has 0 fully saturated rings. The third-order valence-corrected chi connectivity index (χ3v) is 8.26. The van der Waals surface area contributed by atoms with Gasteiger partial charge in [0.25, 0.3) is 0 Å². The topological polar surface area (TPSA) is 40.5 Å². The molecule has 51 heavy (non-hydrogen) atoms. The SMILES string of the molecule is CC[C-]=C(CC)C(=[C-]CC)CC.Oc1c(-c2ccccc2)cccc1-c1ccccc1.Oc1c(-c2ccccc2)cccc1-c1ccccc1.[Ti+2]. The first-order valence-electron chi connectivity index (χ1n) is 17.6. The minimum absolute atomic E-state index is 0. The predicted octanol–water partition coefficient (Wildman–Crippen LogP) is 13.5. The van der Waals surface area contributed by atoms with Crippen molar-refractivity contribution in [2.75, 3.05) is 0 Å². The van der Waals surface area contributed by atoms with Crippen molar-refractivity contribution in [2.45, 2.75) is 53.4 Å². The van der Waals surface area contributed by atoms with Crippen LogP contribution in [0.4, 0.5) is 0 Å². The van der Waals surface area contributed by atoms with Crippen LogP contribution in [0.25, 0.3) is 44.5 Å². The Hall–Kier alpha value is -4.89. The molecule has 0 heterocycles. The van der Waals surface area contributed by atoms with Crippen LogP contribution in [0.3, 0.4) is 0 Å². The maximum absolute atomic E-state index is 10.5. The Morgan fingerprint density at radius 1 is 0.373 bits per heavy atom. The van der Waals surface area contributed by atoms with Crippen LogP contribution >= 0.6 is 0 Å². The maximum atomic E-state index is 10.5. The van der Waals surface area contributed by atoms with E-state index in [-0.39, 0.29) is 21.7 Å². The van der Waals surface area contributed by atoms with Crippen LogP contribution in [0.15, 0.2) is 169 Å². The van der Waals surface area contributed by atoms with Crippen molar-refractivity contribution in [3.8, 4) is 56.0 Å². The number of hydrogen-bond donors (Lipinski definition) is 2. The second-order valence-electron chi connectivity index (χ2n) is 11.6. The summed E-state index contributed by atoms with van der Waals surface area (Å²) >= 11 is 0. The molecule has 6 aromatic rings. The summed E-state index contributed by atoms with van der Waals surface area (Å²) in [6.45, 7) is 8.64. The number of phenolic OH excluding ortho intramolecular Hbond substituents is 2. The Labute approximate surface area is 320 Å². The third-order valence-electron chi connectivity index (χ3n) is 8.26. The van der Waals surface area contributed by atoms with E-state index in [1.54, 1.807) is 0 Å². The van der Waals surface area contributed by atoms with Crippen molar-refractivity contribution in [1.82, 2.24) is 0 Å². The van der Waals surface area contributed by atoms with Crippen LogP contribution < -0.4 is 0 Å². The summed E-state index contributed by atoms with van der Waals surface area (Å²) in [4.78, 5) is 0. The first-order chi connectivity index (χ1) is 24.5. The first kappa shape index (κ1) is 40.5. The average Bonchev–Trinajstić information content (AvgIpc) is 3.18. The van der Waals surface area contributed by atoms with Crippen molar-refractivity contribution in [1.29, 1.82) is 0 Å². The first-order valence-corrected chi connectivity index (χ1v) is 17.6. The molecule has 0 aliphatic carbocycles. The minimum atomic E-state index is 0. The largest absolute Gasteiger partial charge is 2.00 e. The molecule has 0 aromatic heterocycles. The van der Waals surface area contributed by atoms with Crippen LogP contribution in [-0.4, -0.2) is 10.2 Å². The fourth-order valence-corrected chi connectivity index (χ4v) is 5.81. The van der Waals surface area contributed by atoms with E-state index in [0.29, 0.717) is 11.5 Å². The molecule has 0 atom stereocenters. The summed E-state index contributed by atoms with van der Waals surface area (Å²) in [7, 11) is 0. The Morgan fingerprint density at radius 2 is 0.608 bits per heavy atom. The fourth-order valence-electron chi connectivity index (χ4n) is 5.81. The summed E-state index contributed by atoms with van der Waals surface area (Å²) in [6, 6.07) is 51.5. The molecule has 0 radical (unpaired) electrons. The van der Waals surface area contributed by atoms with Crippen molar-refractivity contribution >= 4 is 0 Å². The van der Waals surface area contributed by atoms with Gasteiger partial charge in [-0.1, -0.05) is 185 Å². The molecule has 0 aliphatic heterocycles. The van der Waals surface area contributed by atoms with Crippen LogP contribution in [0.1, 0.15) is 53.4 Å². The fraction of sp³-hybridized carbons (Fsp3) is 0.167. The molecule has 256 valence electrons. The molecule has 6 rings (SSSR count). The smallest absolute Gasteiger partial charge is 0.507 e. The normalized spacial score (nSPS) is 10.9. The van der Waals surface area contributed by atoms with Crippen LogP contribution in [-0.2, 0) is 21.7 Å². The van der Waals surface area contributed by atoms with Gasteiger partial charge in [-0.2, -0.15) is 0 Å². The molecule has 0 saturated heterocycles. The van der Waals surface area contributed by atoms with E-state index in [0.717, 1.165) is 70.2 Å². The van der Waals surface area contributed by atoms with E-state index in [2.05, 4.69) is 39.8 Å². The monoisotopic (exact) mass is 704 g/mol. The predicted molar refractivity (Wildman–Crippen MR) is 213 cm³/mol. The standard InChI is InChI=1S/2C18H14O.C12H20.Ti/c2*19-18-16(14-8-3-1-4-9-14)12-7-13-17(18)15-10-5-2-6-11-15;1-5-9-11(7-3)12(8-4)10-6-2;/h2*1-13,19H;5-8H2,1-4H3;/q;;-2;+2. The number of para-hydroxylation sites is 2. The van der Waals surface area contributed by atoms with Gasteiger partial charge in [-0.05, 0) is 22.3 Å². The molecule has 3 heteroatoms.